The molecule has 2 N–H and O–H groups in total. The molecule has 27 heavy (non-hydrogen) atoms. The van der Waals surface area contributed by atoms with Crippen molar-refractivity contribution in [2.75, 3.05) is 0 Å². The number of aromatic amines is 1. The summed E-state index contributed by atoms with van der Waals surface area (Å²) in [6, 6.07) is 8.33. The van der Waals surface area contributed by atoms with E-state index in [9.17, 15) is 9.50 Å². The lowest BCUT2D eigenvalue weighted by Gasteiger charge is -2.34. The predicted octanol–water partition coefficient (Wildman–Crippen LogP) is 5.52. The molecular weight excluding hydrogens is 385 g/mol. The average molecular weight is 400 g/mol. The molecule has 5 rings (SSSR count). The molecule has 1 saturated carbocycles. The SMILES string of the molecule is OC1(c2ncc(-c3c(Cl)cnc4[nH]c(-c5cccc(F)c5)cc34)s2)CCC1. The van der Waals surface area contributed by atoms with Crippen LogP contribution in [-0.2, 0) is 5.60 Å². The minimum Gasteiger partial charge on any atom is -0.383 e. The van der Waals surface area contributed by atoms with Crippen LogP contribution in [0.3, 0.4) is 0 Å². The first kappa shape index (κ1) is 16.9. The molecule has 0 unspecified atom stereocenters. The van der Waals surface area contributed by atoms with E-state index in [2.05, 4.69) is 15.0 Å². The second-order valence-electron chi connectivity index (χ2n) is 6.85. The third-order valence-corrected chi connectivity index (χ3v) is 6.57. The van der Waals surface area contributed by atoms with Crippen molar-refractivity contribution in [1.29, 1.82) is 0 Å². The van der Waals surface area contributed by atoms with Gasteiger partial charge in [-0.1, -0.05) is 23.7 Å². The van der Waals surface area contributed by atoms with Gasteiger partial charge in [-0.05, 0) is 37.5 Å². The molecule has 1 fully saturated rings. The lowest BCUT2D eigenvalue weighted by atomic mass is 9.81. The van der Waals surface area contributed by atoms with Gasteiger partial charge in [0.05, 0.1) is 9.90 Å². The highest BCUT2D eigenvalue weighted by atomic mass is 35.5. The van der Waals surface area contributed by atoms with Crippen molar-refractivity contribution < 1.29 is 9.50 Å². The molecule has 0 amide bonds. The zero-order chi connectivity index (χ0) is 18.6. The molecule has 0 spiro atoms. The van der Waals surface area contributed by atoms with Gasteiger partial charge in [0.1, 0.15) is 22.1 Å². The number of fused-ring (bicyclic) bond motifs is 1. The van der Waals surface area contributed by atoms with Crippen LogP contribution in [0.1, 0.15) is 24.3 Å². The van der Waals surface area contributed by atoms with Gasteiger partial charge in [-0.15, -0.1) is 11.3 Å². The van der Waals surface area contributed by atoms with Crippen LogP contribution in [0.25, 0.3) is 32.7 Å². The lowest BCUT2D eigenvalue weighted by Crippen LogP contribution is -2.33. The summed E-state index contributed by atoms with van der Waals surface area (Å²) in [6.07, 6.45) is 5.86. The Bertz CT molecular complexity index is 1170. The first-order valence-corrected chi connectivity index (χ1v) is 9.85. The smallest absolute Gasteiger partial charge is 0.138 e. The van der Waals surface area contributed by atoms with Gasteiger partial charge in [0, 0.05) is 34.6 Å². The van der Waals surface area contributed by atoms with E-state index in [0.29, 0.717) is 10.7 Å². The minimum atomic E-state index is -0.799. The summed E-state index contributed by atoms with van der Waals surface area (Å²) in [5, 5.41) is 12.7. The molecule has 7 heteroatoms. The fourth-order valence-electron chi connectivity index (χ4n) is 3.44. The minimum absolute atomic E-state index is 0.293. The van der Waals surface area contributed by atoms with E-state index in [1.54, 1.807) is 18.5 Å². The summed E-state index contributed by atoms with van der Waals surface area (Å²) in [5.41, 5.74) is 2.21. The number of pyridine rings is 1. The molecule has 0 atom stereocenters. The summed E-state index contributed by atoms with van der Waals surface area (Å²) in [5.74, 6) is -0.293. The molecule has 1 aromatic carbocycles. The van der Waals surface area contributed by atoms with E-state index in [1.165, 1.54) is 23.5 Å². The van der Waals surface area contributed by atoms with Crippen LogP contribution in [0.2, 0.25) is 5.02 Å². The number of benzene rings is 1. The molecule has 4 nitrogen and oxygen atoms in total. The fraction of sp³-hybridized carbons (Fsp3) is 0.200. The van der Waals surface area contributed by atoms with Crippen LogP contribution in [-0.4, -0.2) is 20.1 Å². The van der Waals surface area contributed by atoms with Gasteiger partial charge >= 0.3 is 0 Å². The number of rotatable bonds is 3. The summed E-state index contributed by atoms with van der Waals surface area (Å²) < 4.78 is 13.6. The Kier molecular flexibility index (Phi) is 3.82. The summed E-state index contributed by atoms with van der Waals surface area (Å²) in [7, 11) is 0. The molecule has 0 bridgehead atoms. The number of hydrogen-bond acceptors (Lipinski definition) is 4. The van der Waals surface area contributed by atoms with Gasteiger partial charge in [0.2, 0.25) is 0 Å². The van der Waals surface area contributed by atoms with Crippen LogP contribution in [0.5, 0.6) is 0 Å². The van der Waals surface area contributed by atoms with Gasteiger partial charge in [0.15, 0.2) is 0 Å². The van der Waals surface area contributed by atoms with E-state index in [4.69, 9.17) is 11.6 Å². The number of nitrogens with zero attached hydrogens (tertiary/aromatic N) is 2. The molecule has 3 heterocycles. The quantitative estimate of drug-likeness (QED) is 0.477. The lowest BCUT2D eigenvalue weighted by molar-refractivity contribution is -0.0389. The Hall–Kier alpha value is -2.28. The molecular formula is C20H15ClFN3OS. The van der Waals surface area contributed by atoms with Crippen LogP contribution >= 0.6 is 22.9 Å². The maximum absolute atomic E-state index is 13.6. The summed E-state index contributed by atoms with van der Waals surface area (Å²) in [4.78, 5) is 12.9. The summed E-state index contributed by atoms with van der Waals surface area (Å²) >= 11 is 7.93. The highest BCUT2D eigenvalue weighted by Crippen LogP contribution is 2.46. The first-order valence-electron chi connectivity index (χ1n) is 8.66. The zero-order valence-electron chi connectivity index (χ0n) is 14.2. The van der Waals surface area contributed by atoms with Crippen molar-refractivity contribution >= 4 is 34.0 Å². The van der Waals surface area contributed by atoms with E-state index >= 15 is 0 Å². The maximum Gasteiger partial charge on any atom is 0.138 e. The van der Waals surface area contributed by atoms with Crippen molar-refractivity contribution in [1.82, 2.24) is 15.0 Å². The van der Waals surface area contributed by atoms with E-state index in [-0.39, 0.29) is 5.82 Å². The monoisotopic (exact) mass is 399 g/mol. The van der Waals surface area contributed by atoms with Crippen molar-refractivity contribution in [3.05, 3.63) is 58.6 Å². The number of thiazole rings is 1. The Labute approximate surface area is 163 Å². The molecule has 1 aliphatic carbocycles. The normalized spacial score (nSPS) is 15.8. The van der Waals surface area contributed by atoms with Crippen molar-refractivity contribution in [3.63, 3.8) is 0 Å². The third kappa shape index (κ3) is 2.76. The zero-order valence-corrected chi connectivity index (χ0v) is 15.7. The molecule has 136 valence electrons. The Morgan fingerprint density at radius 1 is 1.19 bits per heavy atom. The van der Waals surface area contributed by atoms with Gasteiger partial charge in [-0.3, -0.25) is 0 Å². The number of halogens is 2. The molecule has 3 aromatic heterocycles. The van der Waals surface area contributed by atoms with E-state index < -0.39 is 5.60 Å². The maximum atomic E-state index is 13.6. The second-order valence-corrected chi connectivity index (χ2v) is 8.29. The van der Waals surface area contributed by atoms with Crippen molar-refractivity contribution in [2.45, 2.75) is 24.9 Å². The largest absolute Gasteiger partial charge is 0.383 e. The molecule has 1 aliphatic rings. The Morgan fingerprint density at radius 2 is 2.04 bits per heavy atom. The average Bonchev–Trinajstić information content (AvgIpc) is 3.27. The van der Waals surface area contributed by atoms with Crippen LogP contribution < -0.4 is 0 Å². The second kappa shape index (κ2) is 6.12. The van der Waals surface area contributed by atoms with E-state index in [1.807, 2.05) is 12.1 Å². The molecule has 0 aliphatic heterocycles. The Morgan fingerprint density at radius 3 is 2.78 bits per heavy atom. The summed E-state index contributed by atoms with van der Waals surface area (Å²) in [6.45, 7) is 0. The predicted molar refractivity (Wildman–Crippen MR) is 105 cm³/mol. The fourth-order valence-corrected chi connectivity index (χ4v) is 4.89. The van der Waals surface area contributed by atoms with Crippen molar-refractivity contribution in [2.24, 2.45) is 0 Å². The third-order valence-electron chi connectivity index (χ3n) is 5.08. The van der Waals surface area contributed by atoms with Gasteiger partial charge < -0.3 is 10.1 Å². The van der Waals surface area contributed by atoms with Gasteiger partial charge in [0.25, 0.3) is 0 Å². The standard InChI is InChI=1S/C20H15ClFN3OS/c21-14-9-23-18-13(8-15(25-18)11-3-1-4-12(22)7-11)17(14)16-10-24-19(27-16)20(26)5-2-6-20/h1,3-4,7-10,26H,2,5-6H2,(H,23,25). The number of H-pyrrole nitrogens is 1. The number of aliphatic hydroxyl groups is 1. The van der Waals surface area contributed by atoms with Gasteiger partial charge in [-0.2, -0.15) is 0 Å². The highest BCUT2D eigenvalue weighted by Gasteiger charge is 2.39. The van der Waals surface area contributed by atoms with Crippen LogP contribution in [0, 0.1) is 5.82 Å². The highest BCUT2D eigenvalue weighted by molar-refractivity contribution is 7.15. The first-order chi connectivity index (χ1) is 13.0. The number of hydrogen-bond donors (Lipinski definition) is 2. The van der Waals surface area contributed by atoms with Crippen LogP contribution in [0.15, 0.2) is 42.7 Å². The number of nitrogens with one attached hydrogen (secondary N) is 1. The number of aromatic nitrogens is 3. The van der Waals surface area contributed by atoms with Crippen LogP contribution in [0.4, 0.5) is 4.39 Å². The molecule has 0 saturated heterocycles. The van der Waals surface area contributed by atoms with Gasteiger partial charge in [-0.25, -0.2) is 14.4 Å². The van der Waals surface area contributed by atoms with Crippen molar-refractivity contribution in [3.8, 4) is 21.7 Å². The molecule has 4 aromatic rings. The molecule has 0 radical (unpaired) electrons. The van der Waals surface area contributed by atoms with E-state index in [0.717, 1.165) is 51.4 Å². The topological polar surface area (TPSA) is 61.8 Å². The Balaban J connectivity index is 1.65.